The second kappa shape index (κ2) is 5.25. The van der Waals surface area contributed by atoms with Crippen LogP contribution in [-0.2, 0) is 0 Å². The lowest BCUT2D eigenvalue weighted by Crippen LogP contribution is -2.57. The maximum atomic E-state index is 3.56. The monoisotopic (exact) mass is 239 g/mol. The first-order valence-corrected chi connectivity index (χ1v) is 7.15. The zero-order chi connectivity index (χ0) is 12.5. The molecule has 0 spiro atoms. The summed E-state index contributed by atoms with van der Waals surface area (Å²) in [5, 5.41) is 3.56. The first-order chi connectivity index (χ1) is 8.00. The van der Waals surface area contributed by atoms with Crippen LogP contribution in [0.4, 0.5) is 0 Å². The van der Waals surface area contributed by atoms with Crippen molar-refractivity contribution in [2.75, 3.05) is 39.8 Å². The molecule has 2 saturated heterocycles. The summed E-state index contributed by atoms with van der Waals surface area (Å²) in [6, 6.07) is 1.39. The Balaban J connectivity index is 1.90. The summed E-state index contributed by atoms with van der Waals surface area (Å²) in [6.07, 6.45) is 2.73. The summed E-state index contributed by atoms with van der Waals surface area (Å²) in [5.74, 6) is 0. The summed E-state index contributed by atoms with van der Waals surface area (Å²) in [7, 11) is 2.26. The molecule has 3 unspecified atom stereocenters. The van der Waals surface area contributed by atoms with E-state index < -0.39 is 0 Å². The summed E-state index contributed by atoms with van der Waals surface area (Å²) in [5.41, 5.74) is 0.494. The Kier molecular flexibility index (Phi) is 4.11. The molecule has 0 radical (unpaired) electrons. The van der Waals surface area contributed by atoms with Crippen molar-refractivity contribution in [1.82, 2.24) is 15.1 Å². The molecule has 0 aromatic carbocycles. The van der Waals surface area contributed by atoms with E-state index in [4.69, 9.17) is 0 Å². The van der Waals surface area contributed by atoms with Crippen molar-refractivity contribution >= 4 is 0 Å². The molecule has 3 nitrogen and oxygen atoms in total. The lowest BCUT2D eigenvalue weighted by Gasteiger charge is -2.46. The first-order valence-electron chi connectivity index (χ1n) is 7.15. The number of nitrogens with one attached hydrogen (secondary N) is 1. The van der Waals surface area contributed by atoms with Gasteiger partial charge < -0.3 is 5.32 Å². The Morgan fingerprint density at radius 3 is 2.41 bits per heavy atom. The van der Waals surface area contributed by atoms with Gasteiger partial charge in [-0.3, -0.25) is 9.80 Å². The Labute approximate surface area is 107 Å². The summed E-state index contributed by atoms with van der Waals surface area (Å²) in [4.78, 5) is 5.19. The van der Waals surface area contributed by atoms with Gasteiger partial charge in [0.25, 0.3) is 0 Å². The van der Waals surface area contributed by atoms with Crippen LogP contribution >= 0.6 is 0 Å². The highest BCUT2D eigenvalue weighted by Crippen LogP contribution is 2.28. The Bertz CT molecular complexity index is 236. The Morgan fingerprint density at radius 2 is 1.88 bits per heavy atom. The van der Waals surface area contributed by atoms with E-state index in [2.05, 4.69) is 42.9 Å². The number of nitrogens with zero attached hydrogens (tertiary/aromatic N) is 2. The molecule has 2 rings (SSSR count). The van der Waals surface area contributed by atoms with E-state index in [1.165, 1.54) is 45.6 Å². The van der Waals surface area contributed by atoms with Crippen molar-refractivity contribution in [1.29, 1.82) is 0 Å². The van der Waals surface area contributed by atoms with E-state index >= 15 is 0 Å². The molecule has 1 N–H and O–H groups in total. The smallest absolute Gasteiger partial charge is 0.0195 e. The average molecular weight is 239 g/mol. The molecule has 2 fully saturated rings. The van der Waals surface area contributed by atoms with Gasteiger partial charge in [-0.25, -0.2) is 0 Å². The molecule has 2 aliphatic rings. The molecule has 100 valence electrons. The third kappa shape index (κ3) is 3.21. The summed E-state index contributed by atoms with van der Waals surface area (Å²) < 4.78 is 0. The third-order valence-corrected chi connectivity index (χ3v) is 4.73. The lowest BCUT2D eigenvalue weighted by atomic mass is 9.82. The van der Waals surface area contributed by atoms with E-state index in [1.54, 1.807) is 0 Å². The van der Waals surface area contributed by atoms with Crippen molar-refractivity contribution in [2.45, 2.75) is 45.7 Å². The number of likely N-dealkylation sites (N-methyl/N-ethyl adjacent to an activating group) is 1. The van der Waals surface area contributed by atoms with Crippen molar-refractivity contribution in [3.05, 3.63) is 0 Å². The van der Waals surface area contributed by atoms with E-state index in [-0.39, 0.29) is 0 Å². The molecule has 0 aliphatic carbocycles. The first kappa shape index (κ1) is 13.3. The van der Waals surface area contributed by atoms with E-state index in [0.29, 0.717) is 17.5 Å². The fraction of sp³-hybridized carbons (Fsp3) is 1.00. The molecule has 17 heavy (non-hydrogen) atoms. The van der Waals surface area contributed by atoms with Crippen LogP contribution in [0.15, 0.2) is 0 Å². The topological polar surface area (TPSA) is 18.5 Å². The normalized spacial score (nSPS) is 41.6. The van der Waals surface area contributed by atoms with Gasteiger partial charge in [0.15, 0.2) is 0 Å². The van der Waals surface area contributed by atoms with E-state index in [1.807, 2.05) is 0 Å². The molecule has 0 aromatic heterocycles. The van der Waals surface area contributed by atoms with Gasteiger partial charge in [0.1, 0.15) is 0 Å². The van der Waals surface area contributed by atoms with Crippen LogP contribution < -0.4 is 5.32 Å². The van der Waals surface area contributed by atoms with E-state index in [9.17, 15) is 0 Å². The van der Waals surface area contributed by atoms with Crippen LogP contribution in [0.3, 0.4) is 0 Å². The minimum atomic E-state index is 0.494. The number of hydrogen-bond donors (Lipinski definition) is 1. The van der Waals surface area contributed by atoms with Crippen LogP contribution in [0.2, 0.25) is 0 Å². The Morgan fingerprint density at radius 1 is 1.24 bits per heavy atom. The van der Waals surface area contributed by atoms with E-state index in [0.717, 1.165) is 0 Å². The fourth-order valence-corrected chi connectivity index (χ4v) is 3.44. The SMILES string of the molecule is CC1CN(CC2(C)CCCNC2)CC(C)N1C. The lowest BCUT2D eigenvalue weighted by molar-refractivity contribution is 0.0289. The van der Waals surface area contributed by atoms with Crippen LogP contribution in [0.1, 0.15) is 33.6 Å². The standard InChI is InChI=1S/C14H29N3/c1-12-8-17(9-13(2)16(12)4)11-14(3)6-5-7-15-10-14/h12-13,15H,5-11H2,1-4H3. The molecule has 0 bridgehead atoms. The molecule has 0 amide bonds. The zero-order valence-electron chi connectivity index (χ0n) is 12.0. The predicted octanol–water partition coefficient (Wildman–Crippen LogP) is 1.40. The molecule has 2 aliphatic heterocycles. The van der Waals surface area contributed by atoms with Gasteiger partial charge in [-0.2, -0.15) is 0 Å². The van der Waals surface area contributed by atoms with Crippen molar-refractivity contribution in [3.63, 3.8) is 0 Å². The predicted molar refractivity (Wildman–Crippen MR) is 73.3 cm³/mol. The van der Waals surface area contributed by atoms with Gasteiger partial charge in [-0.1, -0.05) is 6.92 Å². The molecular formula is C14H29N3. The second-order valence-corrected chi connectivity index (χ2v) is 6.65. The van der Waals surface area contributed by atoms with Gasteiger partial charge in [0.2, 0.25) is 0 Å². The average Bonchev–Trinajstić information content (AvgIpc) is 2.26. The maximum Gasteiger partial charge on any atom is 0.0195 e. The molecule has 3 heteroatoms. The molecule has 3 atom stereocenters. The molecule has 0 saturated carbocycles. The zero-order valence-corrected chi connectivity index (χ0v) is 12.0. The number of hydrogen-bond acceptors (Lipinski definition) is 3. The summed E-state index contributed by atoms with van der Waals surface area (Å²) in [6.45, 7) is 13.3. The van der Waals surface area contributed by atoms with Gasteiger partial charge in [0, 0.05) is 38.3 Å². The minimum Gasteiger partial charge on any atom is -0.316 e. The van der Waals surface area contributed by atoms with Crippen LogP contribution in [0.25, 0.3) is 0 Å². The van der Waals surface area contributed by atoms with Crippen LogP contribution in [0, 0.1) is 5.41 Å². The largest absolute Gasteiger partial charge is 0.316 e. The highest BCUT2D eigenvalue weighted by Gasteiger charge is 2.33. The minimum absolute atomic E-state index is 0.494. The van der Waals surface area contributed by atoms with Crippen molar-refractivity contribution in [3.8, 4) is 0 Å². The number of rotatable bonds is 2. The fourth-order valence-electron chi connectivity index (χ4n) is 3.44. The molecule has 2 heterocycles. The van der Waals surface area contributed by atoms with Crippen LogP contribution in [0.5, 0.6) is 0 Å². The Hall–Kier alpha value is -0.120. The van der Waals surface area contributed by atoms with Crippen LogP contribution in [-0.4, -0.2) is 61.7 Å². The van der Waals surface area contributed by atoms with Crippen molar-refractivity contribution < 1.29 is 0 Å². The summed E-state index contributed by atoms with van der Waals surface area (Å²) >= 11 is 0. The quantitative estimate of drug-likeness (QED) is 0.786. The van der Waals surface area contributed by atoms with Gasteiger partial charge in [-0.15, -0.1) is 0 Å². The molecule has 0 aromatic rings. The third-order valence-electron chi connectivity index (χ3n) is 4.73. The number of piperazine rings is 1. The maximum absolute atomic E-state index is 3.56. The van der Waals surface area contributed by atoms with Gasteiger partial charge in [0.05, 0.1) is 0 Å². The van der Waals surface area contributed by atoms with Crippen molar-refractivity contribution in [2.24, 2.45) is 5.41 Å². The second-order valence-electron chi connectivity index (χ2n) is 6.65. The molecular weight excluding hydrogens is 210 g/mol. The highest BCUT2D eigenvalue weighted by atomic mass is 15.3. The highest BCUT2D eigenvalue weighted by molar-refractivity contribution is 4.89. The van der Waals surface area contributed by atoms with Gasteiger partial charge in [-0.05, 0) is 45.7 Å². The van der Waals surface area contributed by atoms with Gasteiger partial charge >= 0.3 is 0 Å². The number of piperidine rings is 1.